The summed E-state index contributed by atoms with van der Waals surface area (Å²) in [6, 6.07) is 8.20. The summed E-state index contributed by atoms with van der Waals surface area (Å²) in [5, 5.41) is 5.73. The van der Waals surface area contributed by atoms with Crippen LogP contribution in [0.3, 0.4) is 0 Å². The SMILES string of the molecule is C=CCSCCNc1nccc2c(Br)cccc12. The standard InChI is InChI=1S/C14H15BrN2S/c1-2-9-18-10-8-17-14-12-4-3-5-13(15)11(12)6-7-16-14/h2-7H,1,8-10H2,(H,16,17). The van der Waals surface area contributed by atoms with Crippen molar-refractivity contribution >= 4 is 44.3 Å². The lowest BCUT2D eigenvalue weighted by atomic mass is 10.1. The van der Waals surface area contributed by atoms with Gasteiger partial charge in [0.25, 0.3) is 0 Å². The van der Waals surface area contributed by atoms with Gasteiger partial charge in [-0.15, -0.1) is 6.58 Å². The second-order valence-corrected chi connectivity index (χ2v) is 5.79. The molecule has 18 heavy (non-hydrogen) atoms. The van der Waals surface area contributed by atoms with Crippen molar-refractivity contribution in [2.45, 2.75) is 0 Å². The first-order chi connectivity index (χ1) is 8.83. The lowest BCUT2D eigenvalue weighted by Gasteiger charge is -2.09. The Balaban J connectivity index is 2.09. The summed E-state index contributed by atoms with van der Waals surface area (Å²) in [7, 11) is 0. The van der Waals surface area contributed by atoms with E-state index in [1.165, 1.54) is 5.39 Å². The summed E-state index contributed by atoms with van der Waals surface area (Å²) in [5.41, 5.74) is 0. The molecule has 0 amide bonds. The van der Waals surface area contributed by atoms with Gasteiger partial charge in [0.05, 0.1) is 0 Å². The Bertz CT molecular complexity index is 542. The van der Waals surface area contributed by atoms with E-state index in [0.29, 0.717) is 0 Å². The van der Waals surface area contributed by atoms with Gasteiger partial charge in [-0.3, -0.25) is 0 Å². The number of nitrogens with zero attached hydrogens (tertiary/aromatic N) is 1. The summed E-state index contributed by atoms with van der Waals surface area (Å²) < 4.78 is 1.10. The summed E-state index contributed by atoms with van der Waals surface area (Å²) in [6.45, 7) is 4.62. The molecular weight excluding hydrogens is 308 g/mol. The predicted octanol–water partition coefficient (Wildman–Crippen LogP) is 4.33. The lowest BCUT2D eigenvalue weighted by molar-refractivity contribution is 1.18. The predicted molar refractivity (Wildman–Crippen MR) is 85.5 cm³/mol. The topological polar surface area (TPSA) is 24.9 Å². The van der Waals surface area contributed by atoms with E-state index in [0.717, 1.165) is 33.7 Å². The van der Waals surface area contributed by atoms with Crippen LogP contribution in [0.5, 0.6) is 0 Å². The summed E-state index contributed by atoms with van der Waals surface area (Å²) in [5.74, 6) is 3.00. The molecule has 2 aromatic rings. The van der Waals surface area contributed by atoms with Gasteiger partial charge in [0.2, 0.25) is 0 Å². The molecular formula is C14H15BrN2S. The number of rotatable bonds is 6. The van der Waals surface area contributed by atoms with E-state index in [9.17, 15) is 0 Å². The molecule has 0 atom stereocenters. The Morgan fingerprint density at radius 2 is 2.22 bits per heavy atom. The van der Waals surface area contributed by atoms with Crippen LogP contribution in [0.15, 0.2) is 47.6 Å². The molecule has 0 bridgehead atoms. The van der Waals surface area contributed by atoms with Crippen LogP contribution in [0, 0.1) is 0 Å². The van der Waals surface area contributed by atoms with Gasteiger partial charge in [-0.05, 0) is 12.1 Å². The van der Waals surface area contributed by atoms with Gasteiger partial charge < -0.3 is 5.32 Å². The van der Waals surface area contributed by atoms with Gasteiger partial charge in [-0.25, -0.2) is 4.98 Å². The first-order valence-electron chi connectivity index (χ1n) is 5.78. The Labute approximate surface area is 120 Å². The van der Waals surface area contributed by atoms with E-state index in [1.807, 2.05) is 42.2 Å². The van der Waals surface area contributed by atoms with Gasteiger partial charge in [0.15, 0.2) is 0 Å². The van der Waals surface area contributed by atoms with E-state index in [2.05, 4.69) is 38.9 Å². The van der Waals surface area contributed by atoms with E-state index in [4.69, 9.17) is 0 Å². The number of thioether (sulfide) groups is 1. The van der Waals surface area contributed by atoms with Crippen molar-refractivity contribution in [3.8, 4) is 0 Å². The van der Waals surface area contributed by atoms with Gasteiger partial charge in [-0.2, -0.15) is 11.8 Å². The Morgan fingerprint density at radius 1 is 1.33 bits per heavy atom. The fraction of sp³-hybridized carbons (Fsp3) is 0.214. The number of nitrogens with one attached hydrogen (secondary N) is 1. The Morgan fingerprint density at radius 3 is 3.06 bits per heavy atom. The highest BCUT2D eigenvalue weighted by Gasteiger charge is 2.03. The average molecular weight is 323 g/mol. The van der Waals surface area contributed by atoms with Gasteiger partial charge in [0.1, 0.15) is 5.82 Å². The molecule has 1 heterocycles. The van der Waals surface area contributed by atoms with E-state index in [1.54, 1.807) is 0 Å². The van der Waals surface area contributed by atoms with Crippen molar-refractivity contribution < 1.29 is 0 Å². The number of benzene rings is 1. The minimum atomic E-state index is 0.914. The quantitative estimate of drug-likeness (QED) is 0.633. The molecule has 4 heteroatoms. The largest absolute Gasteiger partial charge is 0.369 e. The Hall–Kier alpha value is -1.00. The second-order valence-electron chi connectivity index (χ2n) is 3.78. The first kappa shape index (κ1) is 13.4. The highest BCUT2D eigenvalue weighted by atomic mass is 79.9. The Kier molecular flexibility index (Phi) is 5.08. The third kappa shape index (κ3) is 3.27. The molecule has 94 valence electrons. The van der Waals surface area contributed by atoms with E-state index < -0.39 is 0 Å². The molecule has 0 spiro atoms. The lowest BCUT2D eigenvalue weighted by Crippen LogP contribution is -2.06. The van der Waals surface area contributed by atoms with Crippen LogP contribution in [0.25, 0.3) is 10.8 Å². The zero-order chi connectivity index (χ0) is 12.8. The molecule has 0 aliphatic heterocycles. The maximum Gasteiger partial charge on any atom is 0.133 e. The maximum atomic E-state index is 4.40. The minimum Gasteiger partial charge on any atom is -0.369 e. The number of hydrogen-bond acceptors (Lipinski definition) is 3. The number of pyridine rings is 1. The molecule has 0 unspecified atom stereocenters. The van der Waals surface area contributed by atoms with Crippen LogP contribution < -0.4 is 5.32 Å². The fourth-order valence-electron chi connectivity index (χ4n) is 1.72. The van der Waals surface area contributed by atoms with Crippen LogP contribution in [-0.2, 0) is 0 Å². The van der Waals surface area contributed by atoms with E-state index in [-0.39, 0.29) is 0 Å². The van der Waals surface area contributed by atoms with Crippen LogP contribution in [0.1, 0.15) is 0 Å². The molecule has 0 saturated heterocycles. The van der Waals surface area contributed by atoms with E-state index >= 15 is 0 Å². The normalized spacial score (nSPS) is 10.5. The highest BCUT2D eigenvalue weighted by molar-refractivity contribution is 9.10. The molecule has 0 saturated carbocycles. The molecule has 0 aliphatic rings. The number of fused-ring (bicyclic) bond motifs is 1. The van der Waals surface area contributed by atoms with Crippen molar-refractivity contribution in [3.63, 3.8) is 0 Å². The van der Waals surface area contributed by atoms with Crippen molar-refractivity contribution in [1.29, 1.82) is 0 Å². The van der Waals surface area contributed by atoms with Gasteiger partial charge >= 0.3 is 0 Å². The number of halogens is 1. The van der Waals surface area contributed by atoms with Crippen LogP contribution in [-0.4, -0.2) is 23.0 Å². The smallest absolute Gasteiger partial charge is 0.133 e. The van der Waals surface area contributed by atoms with Crippen LogP contribution in [0.2, 0.25) is 0 Å². The monoisotopic (exact) mass is 322 g/mol. The maximum absolute atomic E-state index is 4.40. The molecule has 2 rings (SSSR count). The third-order valence-electron chi connectivity index (χ3n) is 2.53. The van der Waals surface area contributed by atoms with Crippen molar-refractivity contribution in [2.75, 3.05) is 23.4 Å². The minimum absolute atomic E-state index is 0.914. The van der Waals surface area contributed by atoms with Crippen molar-refractivity contribution in [3.05, 3.63) is 47.6 Å². The number of anilines is 1. The zero-order valence-electron chi connectivity index (χ0n) is 10.0. The van der Waals surface area contributed by atoms with Crippen molar-refractivity contribution in [2.24, 2.45) is 0 Å². The summed E-state index contributed by atoms with van der Waals surface area (Å²) >= 11 is 5.43. The van der Waals surface area contributed by atoms with Gasteiger partial charge in [-0.1, -0.05) is 34.1 Å². The highest BCUT2D eigenvalue weighted by Crippen LogP contribution is 2.27. The fourth-order valence-corrected chi connectivity index (χ4v) is 2.80. The third-order valence-corrected chi connectivity index (χ3v) is 4.18. The number of aromatic nitrogens is 1. The second kappa shape index (κ2) is 6.81. The van der Waals surface area contributed by atoms with Crippen LogP contribution >= 0.6 is 27.7 Å². The molecule has 0 radical (unpaired) electrons. The van der Waals surface area contributed by atoms with Crippen molar-refractivity contribution in [1.82, 2.24) is 4.98 Å². The molecule has 1 N–H and O–H groups in total. The first-order valence-corrected chi connectivity index (χ1v) is 7.73. The molecule has 2 nitrogen and oxygen atoms in total. The average Bonchev–Trinajstić information content (AvgIpc) is 2.39. The van der Waals surface area contributed by atoms with Crippen LogP contribution in [0.4, 0.5) is 5.82 Å². The molecule has 1 aromatic carbocycles. The summed E-state index contributed by atoms with van der Waals surface area (Å²) in [6.07, 6.45) is 3.77. The summed E-state index contributed by atoms with van der Waals surface area (Å²) in [4.78, 5) is 4.40. The molecule has 0 fully saturated rings. The molecule has 1 aromatic heterocycles. The number of hydrogen-bond donors (Lipinski definition) is 1. The van der Waals surface area contributed by atoms with Gasteiger partial charge in [0, 0.05) is 39.5 Å². The zero-order valence-corrected chi connectivity index (χ0v) is 12.4. The molecule has 0 aliphatic carbocycles.